The molecule has 0 N–H and O–H groups in total. The lowest BCUT2D eigenvalue weighted by molar-refractivity contribution is -0.0665. The number of hydrogen-bond donors (Lipinski definition) is 0. The summed E-state index contributed by atoms with van der Waals surface area (Å²) in [7, 11) is 3.30. The molecule has 0 heterocycles. The summed E-state index contributed by atoms with van der Waals surface area (Å²) in [5.74, 6) is 0. The summed E-state index contributed by atoms with van der Waals surface area (Å²) >= 11 is 8.84. The molecule has 184 valence electrons. The highest BCUT2D eigenvalue weighted by atomic mass is 79.9. The third-order valence-electron chi connectivity index (χ3n) is 4.55. The number of benzene rings is 2. The number of ether oxygens (including phenoxy) is 6. The molecule has 33 heavy (non-hydrogen) atoms. The molecule has 0 spiro atoms. The van der Waals surface area contributed by atoms with Gasteiger partial charge in [-0.15, -0.1) is 11.8 Å². The molecule has 2 unspecified atom stereocenters. The highest BCUT2D eigenvalue weighted by molar-refractivity contribution is 9.10. The van der Waals surface area contributed by atoms with Crippen LogP contribution >= 0.6 is 43.6 Å². The normalized spacial score (nSPS) is 13.2. The lowest BCUT2D eigenvalue weighted by Gasteiger charge is -2.24. The van der Waals surface area contributed by atoms with Gasteiger partial charge in [-0.3, -0.25) is 0 Å². The molecule has 0 amide bonds. The smallest absolute Gasteiger partial charge is 0.146 e. The highest BCUT2D eigenvalue weighted by Crippen LogP contribution is 2.41. The van der Waals surface area contributed by atoms with Crippen molar-refractivity contribution in [3.8, 4) is 0 Å². The molecule has 6 nitrogen and oxygen atoms in total. The van der Waals surface area contributed by atoms with Gasteiger partial charge in [0.05, 0.1) is 50.1 Å². The molecular weight excluding hydrogens is 576 g/mol. The van der Waals surface area contributed by atoms with Gasteiger partial charge in [0, 0.05) is 23.2 Å². The van der Waals surface area contributed by atoms with Crippen LogP contribution in [-0.2, 0) is 28.4 Å². The minimum Gasteiger partial charge on any atom is -0.382 e. The van der Waals surface area contributed by atoms with E-state index in [1.807, 2.05) is 24.3 Å². The highest BCUT2D eigenvalue weighted by Gasteiger charge is 2.21. The van der Waals surface area contributed by atoms with Gasteiger partial charge in [0.25, 0.3) is 0 Å². The van der Waals surface area contributed by atoms with Crippen molar-refractivity contribution in [2.24, 2.45) is 0 Å². The predicted octanol–water partition coefficient (Wildman–Crippen LogP) is 6.00. The first kappa shape index (κ1) is 28.7. The van der Waals surface area contributed by atoms with E-state index in [1.165, 1.54) is 11.1 Å². The first-order valence-electron chi connectivity index (χ1n) is 10.6. The minimum absolute atomic E-state index is 0.0933. The van der Waals surface area contributed by atoms with E-state index >= 15 is 0 Å². The maximum Gasteiger partial charge on any atom is 0.146 e. The molecule has 0 aliphatic heterocycles. The molecule has 9 heteroatoms. The Morgan fingerprint density at radius 3 is 1.36 bits per heavy atom. The maximum absolute atomic E-state index is 5.86. The molecule has 0 saturated carbocycles. The molecule has 2 aromatic rings. The fraction of sp³-hybridized carbons (Fsp3) is 0.500. The van der Waals surface area contributed by atoms with Crippen LogP contribution in [-0.4, -0.2) is 67.4 Å². The lowest BCUT2D eigenvalue weighted by Crippen LogP contribution is -2.14. The van der Waals surface area contributed by atoms with E-state index in [9.17, 15) is 0 Å². The second-order valence-electron chi connectivity index (χ2n) is 7.00. The van der Waals surface area contributed by atoms with Crippen molar-refractivity contribution < 1.29 is 28.4 Å². The average molecular weight is 608 g/mol. The number of methoxy groups -OCH3 is 2. The van der Waals surface area contributed by atoms with Gasteiger partial charge in [0.2, 0.25) is 0 Å². The molecule has 2 atom stereocenters. The van der Waals surface area contributed by atoms with Crippen LogP contribution < -0.4 is 0 Å². The Labute approximate surface area is 217 Å². The molecule has 0 aromatic heterocycles. The molecular formula is C24H32Br2O6S. The van der Waals surface area contributed by atoms with Crippen molar-refractivity contribution in [3.63, 3.8) is 0 Å². The summed E-state index contributed by atoms with van der Waals surface area (Å²) in [6.07, 6.45) is 0. The van der Waals surface area contributed by atoms with E-state index in [0.717, 1.165) is 8.95 Å². The van der Waals surface area contributed by atoms with Crippen LogP contribution in [0.4, 0.5) is 0 Å². The van der Waals surface area contributed by atoms with Crippen LogP contribution in [0, 0.1) is 0 Å². The fourth-order valence-corrected chi connectivity index (χ4v) is 4.72. The van der Waals surface area contributed by atoms with Crippen LogP contribution in [0.2, 0.25) is 0 Å². The summed E-state index contributed by atoms with van der Waals surface area (Å²) in [5.41, 5.74) is 2.36. The Kier molecular flexibility index (Phi) is 15.6. The van der Waals surface area contributed by atoms with Gasteiger partial charge in [-0.05, 0) is 35.4 Å². The lowest BCUT2D eigenvalue weighted by atomic mass is 10.1. The van der Waals surface area contributed by atoms with E-state index in [1.54, 1.807) is 26.0 Å². The van der Waals surface area contributed by atoms with Crippen molar-refractivity contribution in [2.75, 3.05) is 67.4 Å². The fourth-order valence-electron chi connectivity index (χ4n) is 2.81. The van der Waals surface area contributed by atoms with E-state index < -0.39 is 0 Å². The zero-order valence-corrected chi connectivity index (χ0v) is 23.0. The van der Waals surface area contributed by atoms with Crippen molar-refractivity contribution in [1.82, 2.24) is 0 Å². The Morgan fingerprint density at radius 1 is 0.606 bits per heavy atom. The molecule has 0 aliphatic rings. The SMILES string of the molecule is COCCOCOCC(SC(COCOCCOC)c1ccc(Br)cc1)c1ccc(Br)cc1. The largest absolute Gasteiger partial charge is 0.382 e. The van der Waals surface area contributed by atoms with Crippen LogP contribution in [0.15, 0.2) is 57.5 Å². The quantitative estimate of drug-likeness (QED) is 0.152. The van der Waals surface area contributed by atoms with Crippen molar-refractivity contribution in [3.05, 3.63) is 68.6 Å². The molecule has 2 aromatic carbocycles. The molecule has 0 radical (unpaired) electrons. The summed E-state index contributed by atoms with van der Waals surface area (Å²) < 4.78 is 34.8. The summed E-state index contributed by atoms with van der Waals surface area (Å²) in [4.78, 5) is 0. The van der Waals surface area contributed by atoms with E-state index in [2.05, 4.69) is 56.1 Å². The van der Waals surface area contributed by atoms with Gasteiger partial charge >= 0.3 is 0 Å². The molecule has 0 saturated heterocycles. The van der Waals surface area contributed by atoms with Crippen LogP contribution in [0.1, 0.15) is 21.6 Å². The topological polar surface area (TPSA) is 55.4 Å². The monoisotopic (exact) mass is 606 g/mol. The predicted molar refractivity (Wildman–Crippen MR) is 139 cm³/mol. The van der Waals surface area contributed by atoms with Crippen molar-refractivity contribution in [1.29, 1.82) is 0 Å². The number of thioether (sulfide) groups is 1. The van der Waals surface area contributed by atoms with Gasteiger partial charge in [0.1, 0.15) is 13.6 Å². The third-order valence-corrected chi connectivity index (χ3v) is 7.08. The molecule has 0 fully saturated rings. The standard InChI is InChI=1S/C24H32Br2O6S/c1-27-11-13-29-17-31-15-23(19-3-7-21(25)8-4-19)33-24(16-32-18-30-14-12-28-2)20-5-9-22(26)10-6-20/h3-10,23-24H,11-18H2,1-2H3. The zero-order chi connectivity index (χ0) is 23.7. The third kappa shape index (κ3) is 12.2. The second-order valence-corrected chi connectivity index (χ2v) is 10.2. The molecule has 2 rings (SSSR count). The van der Waals surface area contributed by atoms with Crippen LogP contribution in [0.25, 0.3) is 0 Å². The summed E-state index contributed by atoms with van der Waals surface area (Å²) in [5, 5.41) is 0.187. The first-order chi connectivity index (χ1) is 16.1. The Hall–Kier alpha value is -0.490. The van der Waals surface area contributed by atoms with E-state index in [-0.39, 0.29) is 24.1 Å². The maximum atomic E-state index is 5.86. The van der Waals surface area contributed by atoms with Crippen LogP contribution in [0.5, 0.6) is 0 Å². The molecule has 0 aliphatic carbocycles. The minimum atomic E-state index is 0.0933. The van der Waals surface area contributed by atoms with Gasteiger partial charge in [0.15, 0.2) is 0 Å². The summed E-state index contributed by atoms with van der Waals surface area (Å²) in [6, 6.07) is 16.7. The zero-order valence-electron chi connectivity index (χ0n) is 19.0. The van der Waals surface area contributed by atoms with E-state index in [0.29, 0.717) is 39.6 Å². The number of halogens is 2. The van der Waals surface area contributed by atoms with Gasteiger partial charge < -0.3 is 28.4 Å². The summed E-state index contributed by atoms with van der Waals surface area (Å²) in [6.45, 7) is 3.57. The Morgan fingerprint density at radius 2 is 1.00 bits per heavy atom. The van der Waals surface area contributed by atoms with Crippen molar-refractivity contribution >= 4 is 43.6 Å². The average Bonchev–Trinajstić information content (AvgIpc) is 2.82. The Bertz CT molecular complexity index is 684. The van der Waals surface area contributed by atoms with Gasteiger partial charge in [-0.2, -0.15) is 0 Å². The van der Waals surface area contributed by atoms with E-state index in [4.69, 9.17) is 28.4 Å². The molecule has 0 bridgehead atoms. The number of rotatable bonds is 18. The number of hydrogen-bond acceptors (Lipinski definition) is 7. The second kappa shape index (κ2) is 17.9. The van der Waals surface area contributed by atoms with Gasteiger partial charge in [-0.1, -0.05) is 56.1 Å². The first-order valence-corrected chi connectivity index (χ1v) is 13.1. The van der Waals surface area contributed by atoms with Crippen molar-refractivity contribution in [2.45, 2.75) is 10.5 Å². The van der Waals surface area contributed by atoms with Crippen LogP contribution in [0.3, 0.4) is 0 Å². The van der Waals surface area contributed by atoms with Gasteiger partial charge in [-0.25, -0.2) is 0 Å². The Balaban J connectivity index is 2.05.